The zero-order valence-electron chi connectivity index (χ0n) is 10.7. The van der Waals surface area contributed by atoms with Gasteiger partial charge in [-0.3, -0.25) is 4.79 Å². The van der Waals surface area contributed by atoms with E-state index in [2.05, 4.69) is 15.8 Å². The van der Waals surface area contributed by atoms with E-state index >= 15 is 0 Å². The Hall–Kier alpha value is -2.37. The van der Waals surface area contributed by atoms with Gasteiger partial charge < -0.3 is 15.2 Å². The van der Waals surface area contributed by atoms with Crippen LogP contribution in [0.25, 0.3) is 0 Å². The minimum atomic E-state index is -0.465. The van der Waals surface area contributed by atoms with Crippen molar-refractivity contribution >= 4 is 11.6 Å². The van der Waals surface area contributed by atoms with E-state index in [0.717, 1.165) is 0 Å². The average molecular weight is 263 g/mol. The Morgan fingerprint density at radius 2 is 2.26 bits per heavy atom. The van der Waals surface area contributed by atoms with E-state index in [1.54, 1.807) is 26.1 Å². The first kappa shape index (κ1) is 13.1. The second kappa shape index (κ2) is 5.51. The number of rotatable bonds is 4. The van der Waals surface area contributed by atoms with Gasteiger partial charge >= 0.3 is 0 Å². The number of hydrogen-bond acceptors (Lipinski definition) is 4. The molecule has 0 unspecified atom stereocenters. The van der Waals surface area contributed by atoms with Crippen molar-refractivity contribution in [3.63, 3.8) is 0 Å². The van der Waals surface area contributed by atoms with Gasteiger partial charge in [0.15, 0.2) is 0 Å². The maximum Gasteiger partial charge on any atom is 0.253 e. The van der Waals surface area contributed by atoms with Crippen molar-refractivity contribution in [2.24, 2.45) is 0 Å². The maximum atomic E-state index is 13.5. The zero-order chi connectivity index (χ0) is 13.8. The Morgan fingerprint density at radius 1 is 1.47 bits per heavy atom. The van der Waals surface area contributed by atoms with Gasteiger partial charge in [0.05, 0.1) is 17.8 Å². The third-order valence-corrected chi connectivity index (χ3v) is 2.62. The van der Waals surface area contributed by atoms with Crippen LogP contribution in [0.15, 0.2) is 28.8 Å². The monoisotopic (exact) mass is 263 g/mol. The molecule has 19 heavy (non-hydrogen) atoms. The lowest BCUT2D eigenvalue weighted by Crippen LogP contribution is -2.24. The highest BCUT2D eigenvalue weighted by atomic mass is 19.1. The van der Waals surface area contributed by atoms with Crippen LogP contribution < -0.4 is 10.6 Å². The van der Waals surface area contributed by atoms with Crippen molar-refractivity contribution < 1.29 is 13.7 Å². The number of carbonyl (C=O) groups is 1. The van der Waals surface area contributed by atoms with Gasteiger partial charge in [-0.15, -0.1) is 0 Å². The minimum Gasteiger partial charge on any atom is -0.385 e. The molecule has 6 heteroatoms. The van der Waals surface area contributed by atoms with Crippen LogP contribution in [0.1, 0.15) is 21.8 Å². The number of carbonyl (C=O) groups excluding carboxylic acids is 1. The van der Waals surface area contributed by atoms with Gasteiger partial charge in [-0.2, -0.15) is 0 Å². The van der Waals surface area contributed by atoms with Gasteiger partial charge in [0, 0.05) is 13.1 Å². The summed E-state index contributed by atoms with van der Waals surface area (Å²) in [6.07, 6.45) is 0. The van der Waals surface area contributed by atoms with Crippen LogP contribution in [0.2, 0.25) is 0 Å². The quantitative estimate of drug-likeness (QED) is 0.886. The number of halogens is 1. The van der Waals surface area contributed by atoms with Crippen molar-refractivity contribution in [1.82, 2.24) is 10.5 Å². The molecule has 1 heterocycles. The Kier molecular flexibility index (Phi) is 3.79. The molecule has 0 saturated heterocycles. The molecule has 0 aliphatic rings. The van der Waals surface area contributed by atoms with Gasteiger partial charge in [0.2, 0.25) is 0 Å². The molecule has 0 radical (unpaired) electrons. The molecule has 1 aromatic heterocycles. The lowest BCUT2D eigenvalue weighted by molar-refractivity contribution is 0.0950. The molecular weight excluding hydrogens is 249 g/mol. The van der Waals surface area contributed by atoms with E-state index in [4.69, 9.17) is 4.52 Å². The molecule has 0 spiro atoms. The molecule has 0 fully saturated rings. The summed E-state index contributed by atoms with van der Waals surface area (Å²) in [4.78, 5) is 12.0. The summed E-state index contributed by atoms with van der Waals surface area (Å²) in [5, 5.41) is 9.10. The topological polar surface area (TPSA) is 67.2 Å². The zero-order valence-corrected chi connectivity index (χ0v) is 10.7. The van der Waals surface area contributed by atoms with Gasteiger partial charge in [0.25, 0.3) is 5.91 Å². The summed E-state index contributed by atoms with van der Waals surface area (Å²) < 4.78 is 18.4. The molecule has 2 N–H and O–H groups in total. The predicted octanol–water partition coefficient (Wildman–Crippen LogP) is 2.09. The average Bonchev–Trinajstić information content (AvgIpc) is 2.81. The molecule has 0 atom stereocenters. The van der Waals surface area contributed by atoms with E-state index in [1.165, 1.54) is 12.1 Å². The third kappa shape index (κ3) is 2.90. The molecule has 1 aromatic carbocycles. The second-order valence-corrected chi connectivity index (χ2v) is 4.02. The minimum absolute atomic E-state index is 0.177. The van der Waals surface area contributed by atoms with E-state index < -0.39 is 5.82 Å². The summed E-state index contributed by atoms with van der Waals surface area (Å²) in [6.45, 7) is 2.00. The molecule has 0 aliphatic heterocycles. The molecule has 1 amide bonds. The maximum absolute atomic E-state index is 13.5. The van der Waals surface area contributed by atoms with Crippen molar-refractivity contribution in [3.05, 3.63) is 47.1 Å². The van der Waals surface area contributed by atoms with Gasteiger partial charge in [-0.1, -0.05) is 11.2 Å². The Labute approximate surface area is 109 Å². The van der Waals surface area contributed by atoms with Crippen LogP contribution >= 0.6 is 0 Å². The molecule has 0 bridgehead atoms. The molecule has 5 nitrogen and oxygen atoms in total. The molecular formula is C13H14FN3O2. The van der Waals surface area contributed by atoms with Crippen LogP contribution in [0.3, 0.4) is 0 Å². The first-order valence-corrected chi connectivity index (χ1v) is 5.78. The first-order chi connectivity index (χ1) is 9.11. The number of amides is 1. The molecule has 0 aliphatic carbocycles. The van der Waals surface area contributed by atoms with Crippen LogP contribution in [0.4, 0.5) is 10.1 Å². The predicted molar refractivity (Wildman–Crippen MR) is 68.4 cm³/mol. The standard InChI is InChI=1S/C13H14FN3O2/c1-8-6-9(17-19-8)7-16-13(18)10-4-3-5-11(14)12(10)15-2/h3-6,15H,7H2,1-2H3,(H,16,18). The van der Waals surface area contributed by atoms with E-state index in [-0.39, 0.29) is 23.7 Å². The SMILES string of the molecule is CNc1c(F)cccc1C(=O)NCc1cc(C)on1. The van der Waals surface area contributed by atoms with E-state index in [0.29, 0.717) is 11.5 Å². The fourth-order valence-electron chi connectivity index (χ4n) is 1.73. The number of hydrogen-bond donors (Lipinski definition) is 2. The largest absolute Gasteiger partial charge is 0.385 e. The lowest BCUT2D eigenvalue weighted by atomic mass is 10.1. The molecule has 0 saturated carbocycles. The first-order valence-electron chi connectivity index (χ1n) is 5.78. The fraction of sp³-hybridized carbons (Fsp3) is 0.231. The molecule has 2 aromatic rings. The van der Waals surface area contributed by atoms with Crippen LogP contribution in [-0.4, -0.2) is 18.1 Å². The van der Waals surface area contributed by atoms with Crippen molar-refractivity contribution in [1.29, 1.82) is 0 Å². The Morgan fingerprint density at radius 3 is 2.89 bits per heavy atom. The molecule has 2 rings (SSSR count). The van der Waals surface area contributed by atoms with Crippen LogP contribution in [0.5, 0.6) is 0 Å². The highest BCUT2D eigenvalue weighted by Gasteiger charge is 2.14. The number of nitrogens with one attached hydrogen (secondary N) is 2. The van der Waals surface area contributed by atoms with Crippen molar-refractivity contribution in [2.75, 3.05) is 12.4 Å². The number of anilines is 1. The van der Waals surface area contributed by atoms with Crippen molar-refractivity contribution in [3.8, 4) is 0 Å². The normalized spacial score (nSPS) is 10.3. The molecule has 100 valence electrons. The summed E-state index contributed by atoms with van der Waals surface area (Å²) in [6, 6.07) is 6.07. The lowest BCUT2D eigenvalue weighted by Gasteiger charge is -2.09. The van der Waals surface area contributed by atoms with Crippen LogP contribution in [-0.2, 0) is 6.54 Å². The number of aromatic nitrogens is 1. The number of benzene rings is 1. The Bertz CT molecular complexity index is 595. The summed E-state index contributed by atoms with van der Waals surface area (Å²) >= 11 is 0. The van der Waals surface area contributed by atoms with Crippen molar-refractivity contribution in [2.45, 2.75) is 13.5 Å². The van der Waals surface area contributed by atoms with Crippen LogP contribution in [0, 0.1) is 12.7 Å². The number of nitrogens with zero attached hydrogens (tertiary/aromatic N) is 1. The second-order valence-electron chi connectivity index (χ2n) is 4.02. The highest BCUT2D eigenvalue weighted by molar-refractivity contribution is 5.99. The summed E-state index contributed by atoms with van der Waals surface area (Å²) in [5.74, 6) is -0.164. The van der Waals surface area contributed by atoms with E-state index in [9.17, 15) is 9.18 Å². The number of para-hydroxylation sites is 1. The third-order valence-electron chi connectivity index (χ3n) is 2.62. The smallest absolute Gasteiger partial charge is 0.253 e. The Balaban J connectivity index is 2.10. The van der Waals surface area contributed by atoms with E-state index in [1.807, 2.05) is 0 Å². The summed E-state index contributed by atoms with van der Waals surface area (Å²) in [7, 11) is 1.57. The number of aryl methyl sites for hydroxylation is 1. The van der Waals surface area contributed by atoms with Gasteiger partial charge in [-0.05, 0) is 19.1 Å². The van der Waals surface area contributed by atoms with Gasteiger partial charge in [0.1, 0.15) is 17.3 Å². The van der Waals surface area contributed by atoms with Gasteiger partial charge in [-0.25, -0.2) is 4.39 Å². The fourth-order valence-corrected chi connectivity index (χ4v) is 1.73. The summed E-state index contributed by atoms with van der Waals surface area (Å²) in [5.41, 5.74) is 1.05. The highest BCUT2D eigenvalue weighted by Crippen LogP contribution is 2.19.